The van der Waals surface area contributed by atoms with Gasteiger partial charge in [0.05, 0.1) is 10.5 Å². The number of halogens is 1. The number of anilines is 1. The highest BCUT2D eigenvalue weighted by Gasteiger charge is 2.22. The van der Waals surface area contributed by atoms with Crippen LogP contribution in [0.15, 0.2) is 18.2 Å². The van der Waals surface area contributed by atoms with Crippen LogP contribution >= 0.6 is 11.6 Å². The van der Waals surface area contributed by atoms with Crippen molar-refractivity contribution in [2.24, 2.45) is 11.3 Å². The molecule has 2 N–H and O–H groups in total. The van der Waals surface area contributed by atoms with Crippen LogP contribution in [0.2, 0.25) is 5.02 Å². The molecule has 3 nitrogen and oxygen atoms in total. The van der Waals surface area contributed by atoms with Crippen molar-refractivity contribution in [1.29, 1.82) is 0 Å². The number of hydrogen-bond acceptors (Lipinski definition) is 2. The molecule has 1 heterocycles. The van der Waals surface area contributed by atoms with Crippen LogP contribution in [0.3, 0.4) is 0 Å². The Kier molecular flexibility index (Phi) is 3.28. The van der Waals surface area contributed by atoms with Crippen LogP contribution in [-0.2, 0) is 6.54 Å². The predicted molar refractivity (Wildman–Crippen MR) is 77.8 cm³/mol. The third kappa shape index (κ3) is 2.32. The Morgan fingerprint density at radius 3 is 2.67 bits per heavy atom. The molecule has 2 rings (SSSR count). The summed E-state index contributed by atoms with van der Waals surface area (Å²) in [7, 11) is 0. The van der Waals surface area contributed by atoms with Gasteiger partial charge in [0.25, 0.3) is 0 Å². The van der Waals surface area contributed by atoms with Gasteiger partial charge < -0.3 is 10.3 Å². The van der Waals surface area contributed by atoms with Gasteiger partial charge in [-0.3, -0.25) is 0 Å². The van der Waals surface area contributed by atoms with Crippen molar-refractivity contribution >= 4 is 28.6 Å². The number of aromatic nitrogens is 2. The van der Waals surface area contributed by atoms with Crippen molar-refractivity contribution in [2.75, 3.05) is 5.73 Å². The second-order valence-electron chi connectivity index (χ2n) is 5.96. The number of nitrogens with two attached hydrogens (primary N) is 1. The highest BCUT2D eigenvalue weighted by Crippen LogP contribution is 2.30. The minimum Gasteiger partial charge on any atom is -0.369 e. The summed E-state index contributed by atoms with van der Waals surface area (Å²) in [5, 5.41) is 0.654. The molecule has 0 aliphatic rings. The third-order valence-electron chi connectivity index (χ3n) is 3.69. The molecule has 2 aromatic rings. The van der Waals surface area contributed by atoms with Gasteiger partial charge in [-0.1, -0.05) is 45.4 Å². The van der Waals surface area contributed by atoms with E-state index in [-0.39, 0.29) is 5.41 Å². The highest BCUT2D eigenvalue weighted by molar-refractivity contribution is 6.35. The molecule has 0 radical (unpaired) electrons. The predicted octanol–water partition coefficient (Wildman–Crippen LogP) is 3.95. The zero-order valence-corrected chi connectivity index (χ0v) is 12.1. The summed E-state index contributed by atoms with van der Waals surface area (Å²) >= 11 is 6.14. The lowest BCUT2D eigenvalue weighted by Gasteiger charge is -2.28. The van der Waals surface area contributed by atoms with Crippen LogP contribution in [0.4, 0.5) is 5.95 Å². The Morgan fingerprint density at radius 1 is 1.39 bits per heavy atom. The molecule has 0 aliphatic heterocycles. The van der Waals surface area contributed by atoms with E-state index in [2.05, 4.69) is 37.2 Å². The fourth-order valence-electron chi connectivity index (χ4n) is 1.87. The molecule has 0 amide bonds. The second kappa shape index (κ2) is 4.47. The topological polar surface area (TPSA) is 43.8 Å². The monoisotopic (exact) mass is 265 g/mol. The van der Waals surface area contributed by atoms with Crippen molar-refractivity contribution in [3.63, 3.8) is 0 Å². The molecule has 4 heteroatoms. The van der Waals surface area contributed by atoms with Gasteiger partial charge in [-0.2, -0.15) is 0 Å². The van der Waals surface area contributed by atoms with Crippen LogP contribution in [-0.4, -0.2) is 9.55 Å². The minimum atomic E-state index is 0.238. The van der Waals surface area contributed by atoms with E-state index in [0.717, 1.165) is 17.6 Å². The molecule has 1 unspecified atom stereocenters. The average Bonchev–Trinajstić information content (AvgIpc) is 2.57. The summed E-state index contributed by atoms with van der Waals surface area (Å²) in [5.41, 5.74) is 8.04. The molecule has 0 fully saturated rings. The normalized spacial score (nSPS) is 14.1. The fraction of sp³-hybridized carbons (Fsp3) is 0.500. The van der Waals surface area contributed by atoms with Gasteiger partial charge >= 0.3 is 0 Å². The summed E-state index contributed by atoms with van der Waals surface area (Å²) in [6.45, 7) is 9.79. The standard InChI is InChI=1S/C14H20ClN3/c1-9(14(2,3)4)8-18-11-7-5-6-10(15)12(11)17-13(18)16/h5-7,9H,8H2,1-4H3,(H2,16,17). The lowest BCUT2D eigenvalue weighted by molar-refractivity contribution is 0.236. The molecule has 1 aromatic heterocycles. The van der Waals surface area contributed by atoms with Gasteiger partial charge in [0, 0.05) is 6.54 Å². The van der Waals surface area contributed by atoms with E-state index in [9.17, 15) is 0 Å². The largest absolute Gasteiger partial charge is 0.369 e. The number of imidazole rings is 1. The van der Waals surface area contributed by atoms with E-state index in [1.165, 1.54) is 0 Å². The molecule has 1 atom stereocenters. The Labute approximate surface area is 113 Å². The quantitative estimate of drug-likeness (QED) is 0.893. The van der Waals surface area contributed by atoms with Gasteiger partial charge in [0.1, 0.15) is 5.52 Å². The van der Waals surface area contributed by atoms with E-state index in [4.69, 9.17) is 17.3 Å². The molecule has 0 bridgehead atoms. The molecular weight excluding hydrogens is 246 g/mol. The fourth-order valence-corrected chi connectivity index (χ4v) is 2.08. The SMILES string of the molecule is CC(Cn1c(N)nc2c(Cl)cccc21)C(C)(C)C. The summed E-state index contributed by atoms with van der Waals surface area (Å²) in [4.78, 5) is 4.36. The number of nitrogens with zero attached hydrogens (tertiary/aromatic N) is 2. The summed E-state index contributed by atoms with van der Waals surface area (Å²) in [6.07, 6.45) is 0. The van der Waals surface area contributed by atoms with Crippen molar-refractivity contribution in [1.82, 2.24) is 9.55 Å². The molecule has 0 saturated heterocycles. The highest BCUT2D eigenvalue weighted by atomic mass is 35.5. The molecular formula is C14H20ClN3. The van der Waals surface area contributed by atoms with Gasteiger partial charge in [-0.25, -0.2) is 4.98 Å². The van der Waals surface area contributed by atoms with Crippen LogP contribution in [0, 0.1) is 11.3 Å². The number of rotatable bonds is 2. The zero-order chi connectivity index (χ0) is 13.5. The number of benzene rings is 1. The zero-order valence-electron chi connectivity index (χ0n) is 11.4. The van der Waals surface area contributed by atoms with Crippen LogP contribution in [0.25, 0.3) is 11.0 Å². The number of para-hydroxylation sites is 1. The maximum Gasteiger partial charge on any atom is 0.201 e. The third-order valence-corrected chi connectivity index (χ3v) is 4.00. The molecule has 18 heavy (non-hydrogen) atoms. The van der Waals surface area contributed by atoms with Crippen molar-refractivity contribution in [2.45, 2.75) is 34.2 Å². The Morgan fingerprint density at radius 2 is 2.06 bits per heavy atom. The Hall–Kier alpha value is -1.22. The molecule has 0 saturated carbocycles. The van der Waals surface area contributed by atoms with Crippen LogP contribution < -0.4 is 5.73 Å². The molecule has 0 aliphatic carbocycles. The molecule has 98 valence electrons. The lowest BCUT2D eigenvalue weighted by atomic mass is 9.82. The van der Waals surface area contributed by atoms with E-state index in [1.807, 2.05) is 18.2 Å². The van der Waals surface area contributed by atoms with Gasteiger partial charge in [-0.05, 0) is 23.5 Å². The smallest absolute Gasteiger partial charge is 0.201 e. The average molecular weight is 266 g/mol. The minimum absolute atomic E-state index is 0.238. The molecule has 1 aromatic carbocycles. The van der Waals surface area contributed by atoms with Crippen molar-refractivity contribution < 1.29 is 0 Å². The molecule has 0 spiro atoms. The van der Waals surface area contributed by atoms with E-state index >= 15 is 0 Å². The van der Waals surface area contributed by atoms with E-state index in [1.54, 1.807) is 0 Å². The number of fused-ring (bicyclic) bond motifs is 1. The van der Waals surface area contributed by atoms with Gasteiger partial charge in [-0.15, -0.1) is 0 Å². The first-order valence-corrected chi connectivity index (χ1v) is 6.58. The van der Waals surface area contributed by atoms with Crippen LogP contribution in [0.5, 0.6) is 0 Å². The van der Waals surface area contributed by atoms with Gasteiger partial charge in [0.15, 0.2) is 0 Å². The maximum atomic E-state index is 6.14. The summed E-state index contributed by atoms with van der Waals surface area (Å²) in [6, 6.07) is 5.79. The summed E-state index contributed by atoms with van der Waals surface area (Å²) in [5.74, 6) is 1.03. The second-order valence-corrected chi connectivity index (χ2v) is 6.36. The summed E-state index contributed by atoms with van der Waals surface area (Å²) < 4.78 is 2.05. The van der Waals surface area contributed by atoms with Crippen LogP contribution in [0.1, 0.15) is 27.7 Å². The first-order chi connectivity index (χ1) is 8.30. The maximum absolute atomic E-state index is 6.14. The van der Waals surface area contributed by atoms with Crippen molar-refractivity contribution in [3.05, 3.63) is 23.2 Å². The number of nitrogen functional groups attached to an aromatic ring is 1. The van der Waals surface area contributed by atoms with E-state index < -0.39 is 0 Å². The van der Waals surface area contributed by atoms with E-state index in [0.29, 0.717) is 16.9 Å². The lowest BCUT2D eigenvalue weighted by Crippen LogP contribution is -2.23. The first-order valence-electron chi connectivity index (χ1n) is 6.21. The first kappa shape index (κ1) is 13.2. The Balaban J connectivity index is 2.46. The van der Waals surface area contributed by atoms with Gasteiger partial charge in [0.2, 0.25) is 5.95 Å². The number of hydrogen-bond donors (Lipinski definition) is 1. The van der Waals surface area contributed by atoms with Crippen molar-refractivity contribution in [3.8, 4) is 0 Å². The Bertz CT molecular complexity index is 566.